The van der Waals surface area contributed by atoms with Crippen LogP contribution in [0.4, 0.5) is 0 Å². The number of nitrogens with one attached hydrogen (secondary N) is 1. The lowest BCUT2D eigenvalue weighted by atomic mass is 10.1. The van der Waals surface area contributed by atoms with Crippen molar-refractivity contribution in [1.82, 2.24) is 24.9 Å². The molecular weight excluding hydrogens is 274 g/mol. The highest BCUT2D eigenvalue weighted by Crippen LogP contribution is 2.28. The van der Waals surface area contributed by atoms with E-state index in [0.29, 0.717) is 5.02 Å². The van der Waals surface area contributed by atoms with Crippen LogP contribution in [0.15, 0.2) is 12.3 Å². The minimum absolute atomic E-state index is 0.00213. The van der Waals surface area contributed by atoms with Crippen LogP contribution < -0.4 is 5.32 Å². The second kappa shape index (κ2) is 6.41. The van der Waals surface area contributed by atoms with Gasteiger partial charge >= 0.3 is 0 Å². The molecule has 2 aromatic rings. The van der Waals surface area contributed by atoms with Gasteiger partial charge in [0, 0.05) is 13.1 Å². The van der Waals surface area contributed by atoms with Crippen LogP contribution in [0.2, 0.25) is 5.02 Å². The number of nitrogens with zero attached hydrogens (tertiary/aromatic N) is 4. The highest BCUT2D eigenvalue weighted by Gasteiger charge is 2.24. The summed E-state index contributed by atoms with van der Waals surface area (Å²) in [6.07, 6.45) is 2.63. The molecule has 0 spiro atoms. The Morgan fingerprint density at radius 3 is 2.50 bits per heavy atom. The largest absolute Gasteiger partial charge is 0.307 e. The summed E-state index contributed by atoms with van der Waals surface area (Å²) in [4.78, 5) is 0. The molecular formula is C14H22ClN5. The normalized spacial score (nSPS) is 12.8. The Hall–Kier alpha value is -1.33. The van der Waals surface area contributed by atoms with Gasteiger partial charge in [-0.05, 0) is 33.4 Å². The molecule has 0 aliphatic heterocycles. The summed E-state index contributed by atoms with van der Waals surface area (Å²) in [5, 5.41) is 13.0. The topological polar surface area (TPSA) is 47.7 Å². The maximum absolute atomic E-state index is 6.33. The van der Waals surface area contributed by atoms with Crippen LogP contribution in [0.3, 0.4) is 0 Å². The first kappa shape index (κ1) is 15.1. The molecule has 0 amide bonds. The molecule has 0 aliphatic carbocycles. The Kier molecular flexibility index (Phi) is 4.83. The van der Waals surface area contributed by atoms with Crippen LogP contribution in [-0.4, -0.2) is 26.6 Å². The summed E-state index contributed by atoms with van der Waals surface area (Å²) in [7, 11) is 1.94. The van der Waals surface area contributed by atoms with E-state index in [4.69, 9.17) is 11.6 Å². The van der Waals surface area contributed by atoms with Gasteiger partial charge in [-0.2, -0.15) is 10.2 Å². The second-order valence-electron chi connectivity index (χ2n) is 4.65. The van der Waals surface area contributed by atoms with E-state index in [1.54, 1.807) is 6.20 Å². The molecule has 0 fully saturated rings. The van der Waals surface area contributed by atoms with Crippen molar-refractivity contribution >= 4 is 11.6 Å². The third-order valence-electron chi connectivity index (χ3n) is 3.51. The number of halogens is 1. The average Bonchev–Trinajstić information content (AvgIpc) is 3.04. The van der Waals surface area contributed by atoms with E-state index < -0.39 is 0 Å². The van der Waals surface area contributed by atoms with Gasteiger partial charge in [-0.1, -0.05) is 18.5 Å². The highest BCUT2D eigenvalue weighted by molar-refractivity contribution is 6.31. The predicted molar refractivity (Wildman–Crippen MR) is 81.1 cm³/mol. The number of aromatic nitrogens is 4. The van der Waals surface area contributed by atoms with E-state index in [1.807, 2.05) is 16.4 Å². The third kappa shape index (κ3) is 2.60. The highest BCUT2D eigenvalue weighted by atomic mass is 35.5. The van der Waals surface area contributed by atoms with Crippen molar-refractivity contribution in [1.29, 1.82) is 0 Å². The van der Waals surface area contributed by atoms with Crippen molar-refractivity contribution in [2.24, 2.45) is 0 Å². The molecule has 1 unspecified atom stereocenters. The van der Waals surface area contributed by atoms with Gasteiger partial charge in [-0.15, -0.1) is 0 Å². The van der Waals surface area contributed by atoms with E-state index >= 15 is 0 Å². The Bertz CT molecular complexity index is 572. The van der Waals surface area contributed by atoms with Crippen LogP contribution >= 0.6 is 11.6 Å². The maximum Gasteiger partial charge on any atom is 0.0931 e. The fourth-order valence-electron chi connectivity index (χ4n) is 2.48. The Labute approximate surface area is 124 Å². The molecule has 0 radical (unpaired) electrons. The smallest absolute Gasteiger partial charge is 0.0931 e. The number of hydrogen-bond donors (Lipinski definition) is 1. The molecule has 0 saturated carbocycles. The third-order valence-corrected chi connectivity index (χ3v) is 3.81. The molecule has 0 aromatic carbocycles. The monoisotopic (exact) mass is 295 g/mol. The molecule has 2 rings (SSSR count). The van der Waals surface area contributed by atoms with E-state index in [1.165, 1.54) is 0 Å². The van der Waals surface area contributed by atoms with Gasteiger partial charge in [-0.3, -0.25) is 9.36 Å². The second-order valence-corrected chi connectivity index (χ2v) is 5.05. The van der Waals surface area contributed by atoms with Crippen LogP contribution in [-0.2, 0) is 19.5 Å². The zero-order chi connectivity index (χ0) is 14.7. The van der Waals surface area contributed by atoms with Crippen molar-refractivity contribution in [3.63, 3.8) is 0 Å². The van der Waals surface area contributed by atoms with Gasteiger partial charge in [0.25, 0.3) is 0 Å². The van der Waals surface area contributed by atoms with E-state index in [2.05, 4.69) is 42.4 Å². The summed E-state index contributed by atoms with van der Waals surface area (Å²) in [6.45, 7) is 7.91. The number of hydrogen-bond acceptors (Lipinski definition) is 3. The standard InChI is InChI=1S/C14H22ClN5/c1-5-10-8-12(19(6-2)18-10)13(16-4)14-11(15)9-17-20(14)7-3/h8-9,13,16H,5-7H2,1-4H3. The summed E-state index contributed by atoms with van der Waals surface area (Å²) >= 11 is 6.33. The first-order chi connectivity index (χ1) is 9.65. The molecule has 1 N–H and O–H groups in total. The fraction of sp³-hybridized carbons (Fsp3) is 0.571. The van der Waals surface area contributed by atoms with Gasteiger partial charge in [0.05, 0.1) is 34.3 Å². The molecule has 110 valence electrons. The van der Waals surface area contributed by atoms with Crippen molar-refractivity contribution in [3.05, 3.63) is 34.4 Å². The molecule has 0 aliphatic rings. The molecule has 2 heterocycles. The fourth-order valence-corrected chi connectivity index (χ4v) is 2.73. The lowest BCUT2D eigenvalue weighted by Gasteiger charge is -2.19. The van der Waals surface area contributed by atoms with Gasteiger partial charge < -0.3 is 5.32 Å². The molecule has 2 aromatic heterocycles. The zero-order valence-electron chi connectivity index (χ0n) is 12.5. The first-order valence-electron chi connectivity index (χ1n) is 7.11. The summed E-state index contributed by atoms with van der Waals surface area (Å²) in [6, 6.07) is 2.14. The summed E-state index contributed by atoms with van der Waals surface area (Å²) in [5.74, 6) is 0. The van der Waals surface area contributed by atoms with E-state index in [-0.39, 0.29) is 6.04 Å². The number of aryl methyl sites for hydroxylation is 3. The predicted octanol–water partition coefficient (Wildman–Crippen LogP) is 2.64. The Morgan fingerprint density at radius 1 is 1.25 bits per heavy atom. The van der Waals surface area contributed by atoms with Crippen LogP contribution in [0, 0.1) is 0 Å². The number of rotatable bonds is 6. The Balaban J connectivity index is 2.51. The maximum atomic E-state index is 6.33. The molecule has 20 heavy (non-hydrogen) atoms. The van der Waals surface area contributed by atoms with E-state index in [0.717, 1.165) is 36.6 Å². The minimum atomic E-state index is -0.00213. The van der Waals surface area contributed by atoms with E-state index in [9.17, 15) is 0 Å². The van der Waals surface area contributed by atoms with Gasteiger partial charge in [0.2, 0.25) is 0 Å². The van der Waals surface area contributed by atoms with Crippen molar-refractivity contribution in [3.8, 4) is 0 Å². The van der Waals surface area contributed by atoms with Crippen molar-refractivity contribution < 1.29 is 0 Å². The lowest BCUT2D eigenvalue weighted by molar-refractivity contribution is 0.517. The first-order valence-corrected chi connectivity index (χ1v) is 7.49. The van der Waals surface area contributed by atoms with Crippen LogP contribution in [0.25, 0.3) is 0 Å². The molecule has 0 saturated heterocycles. The minimum Gasteiger partial charge on any atom is -0.307 e. The average molecular weight is 296 g/mol. The molecule has 0 bridgehead atoms. The Morgan fingerprint density at radius 2 is 1.95 bits per heavy atom. The molecule has 5 nitrogen and oxygen atoms in total. The van der Waals surface area contributed by atoms with Crippen LogP contribution in [0.5, 0.6) is 0 Å². The summed E-state index contributed by atoms with van der Waals surface area (Å²) in [5.41, 5.74) is 3.22. The van der Waals surface area contributed by atoms with Gasteiger partial charge in [0.1, 0.15) is 0 Å². The molecule has 1 atom stereocenters. The zero-order valence-corrected chi connectivity index (χ0v) is 13.3. The van der Waals surface area contributed by atoms with Gasteiger partial charge in [0.15, 0.2) is 0 Å². The van der Waals surface area contributed by atoms with Crippen LogP contribution in [0.1, 0.15) is 43.9 Å². The van der Waals surface area contributed by atoms with Crippen molar-refractivity contribution in [2.45, 2.75) is 46.3 Å². The van der Waals surface area contributed by atoms with Crippen molar-refractivity contribution in [2.75, 3.05) is 7.05 Å². The summed E-state index contributed by atoms with van der Waals surface area (Å²) < 4.78 is 3.96. The van der Waals surface area contributed by atoms with Gasteiger partial charge in [-0.25, -0.2) is 0 Å². The quantitative estimate of drug-likeness (QED) is 0.891. The molecule has 6 heteroatoms. The lowest BCUT2D eigenvalue weighted by Crippen LogP contribution is -2.24. The SMILES string of the molecule is CCc1cc(C(NC)c2c(Cl)cnn2CC)n(CC)n1.